The van der Waals surface area contributed by atoms with Crippen LogP contribution in [0.5, 0.6) is 0 Å². The van der Waals surface area contributed by atoms with Gasteiger partial charge in [-0.2, -0.15) is 0 Å². The number of rotatable bonds is 4. The number of hydrogen-bond donors (Lipinski definition) is 0. The molecule has 0 N–H and O–H groups in total. The van der Waals surface area contributed by atoms with Gasteiger partial charge in [-0.15, -0.1) is 0 Å². The lowest BCUT2D eigenvalue weighted by Gasteiger charge is -2.30. The molecule has 2 heterocycles. The number of pyridine rings is 1. The molecule has 4 rings (SSSR count). The van der Waals surface area contributed by atoms with E-state index in [2.05, 4.69) is 36.1 Å². The molecule has 0 saturated heterocycles. The zero-order valence-electron chi connectivity index (χ0n) is 16.5. The molecule has 0 bridgehead atoms. The first-order chi connectivity index (χ1) is 13.5. The Morgan fingerprint density at radius 1 is 1.00 bits per heavy atom. The first-order valence-corrected chi connectivity index (χ1v) is 9.51. The quantitative estimate of drug-likeness (QED) is 0.635. The first-order valence-electron chi connectivity index (χ1n) is 9.51. The lowest BCUT2D eigenvalue weighted by atomic mass is 9.75. The Balaban J connectivity index is 1.67. The van der Waals surface area contributed by atoms with Gasteiger partial charge < -0.3 is 4.84 Å². The Bertz CT molecular complexity index is 1010. The van der Waals surface area contributed by atoms with Crippen LogP contribution in [0.25, 0.3) is 11.5 Å². The lowest BCUT2D eigenvalue weighted by Crippen LogP contribution is -2.29. The molecule has 0 radical (unpaired) electrons. The number of fused-ring (bicyclic) bond motifs is 1. The third kappa shape index (κ3) is 3.93. The van der Waals surface area contributed by atoms with Crippen molar-refractivity contribution in [1.29, 1.82) is 0 Å². The van der Waals surface area contributed by atoms with Crippen LogP contribution in [0.3, 0.4) is 0 Å². The third-order valence-corrected chi connectivity index (χ3v) is 4.94. The van der Waals surface area contributed by atoms with E-state index >= 15 is 0 Å². The highest BCUT2D eigenvalue weighted by Gasteiger charge is 2.31. The van der Waals surface area contributed by atoms with E-state index in [-0.39, 0.29) is 5.41 Å². The first kappa shape index (κ1) is 18.3. The number of hydrogen-bond acceptors (Lipinski definition) is 5. The highest BCUT2D eigenvalue weighted by molar-refractivity contribution is 6.02. The maximum Gasteiger partial charge on any atom is 0.178 e. The summed E-state index contributed by atoms with van der Waals surface area (Å²) in [7, 11) is 1.58. The molecule has 2 aromatic heterocycles. The fourth-order valence-corrected chi connectivity index (χ4v) is 3.68. The molecule has 142 valence electrons. The molecular weight excluding hydrogens is 348 g/mol. The second-order valence-corrected chi connectivity index (χ2v) is 7.97. The Hall–Kier alpha value is -3.08. The summed E-state index contributed by atoms with van der Waals surface area (Å²) in [5, 5.41) is 4.20. The smallest absolute Gasteiger partial charge is 0.178 e. The summed E-state index contributed by atoms with van der Waals surface area (Å²) in [6, 6.07) is 16.4. The van der Waals surface area contributed by atoms with Crippen molar-refractivity contribution in [3.63, 3.8) is 0 Å². The van der Waals surface area contributed by atoms with Crippen LogP contribution in [0.15, 0.2) is 59.9 Å². The fraction of sp³-hybridized carbons (Fsp3) is 0.304. The van der Waals surface area contributed by atoms with Crippen LogP contribution in [-0.2, 0) is 17.7 Å². The molecule has 1 aromatic carbocycles. The van der Waals surface area contributed by atoms with E-state index in [1.807, 2.05) is 42.6 Å². The van der Waals surface area contributed by atoms with Crippen LogP contribution >= 0.6 is 0 Å². The van der Waals surface area contributed by atoms with Crippen molar-refractivity contribution < 1.29 is 4.84 Å². The van der Waals surface area contributed by atoms with Gasteiger partial charge in [-0.1, -0.05) is 55.4 Å². The van der Waals surface area contributed by atoms with Gasteiger partial charge in [-0.3, -0.25) is 0 Å². The molecule has 5 nitrogen and oxygen atoms in total. The monoisotopic (exact) mass is 372 g/mol. The van der Waals surface area contributed by atoms with Gasteiger partial charge >= 0.3 is 0 Å². The molecule has 1 aliphatic rings. The molecule has 0 fully saturated rings. The Labute approximate surface area is 165 Å². The van der Waals surface area contributed by atoms with E-state index in [1.54, 1.807) is 7.11 Å². The van der Waals surface area contributed by atoms with Crippen LogP contribution in [0.2, 0.25) is 0 Å². The summed E-state index contributed by atoms with van der Waals surface area (Å²) >= 11 is 0. The van der Waals surface area contributed by atoms with E-state index in [0.717, 1.165) is 47.6 Å². The van der Waals surface area contributed by atoms with Crippen molar-refractivity contribution >= 4 is 5.71 Å². The number of nitrogens with zero attached hydrogens (tertiary/aromatic N) is 4. The van der Waals surface area contributed by atoms with E-state index < -0.39 is 0 Å². The molecule has 0 atom stereocenters. The maximum absolute atomic E-state index is 5.04. The summed E-state index contributed by atoms with van der Waals surface area (Å²) in [4.78, 5) is 19.3. The SMILES string of the molecule is CON=C1CC(C)(C)Cc2nc(-c3cccc(Cc4ccccc4)n3)ncc21. The largest absolute Gasteiger partial charge is 0.399 e. The number of oxime groups is 1. The minimum Gasteiger partial charge on any atom is -0.399 e. The summed E-state index contributed by atoms with van der Waals surface area (Å²) < 4.78 is 0. The summed E-state index contributed by atoms with van der Waals surface area (Å²) in [6.45, 7) is 4.45. The van der Waals surface area contributed by atoms with Crippen molar-refractivity contribution in [1.82, 2.24) is 15.0 Å². The van der Waals surface area contributed by atoms with Crippen LogP contribution in [0, 0.1) is 5.41 Å². The molecule has 0 saturated carbocycles. The second kappa shape index (κ2) is 7.50. The number of benzene rings is 1. The van der Waals surface area contributed by atoms with E-state index in [4.69, 9.17) is 14.8 Å². The normalized spacial score (nSPS) is 16.6. The van der Waals surface area contributed by atoms with Gasteiger partial charge in [0, 0.05) is 23.9 Å². The Morgan fingerprint density at radius 2 is 1.82 bits per heavy atom. The van der Waals surface area contributed by atoms with Gasteiger partial charge in [0.15, 0.2) is 5.82 Å². The molecule has 1 aliphatic carbocycles. The predicted octanol–water partition coefficient (Wildman–Crippen LogP) is 4.45. The molecule has 3 aromatic rings. The van der Waals surface area contributed by atoms with Crippen molar-refractivity contribution in [3.05, 3.63) is 77.2 Å². The predicted molar refractivity (Wildman–Crippen MR) is 110 cm³/mol. The van der Waals surface area contributed by atoms with Crippen molar-refractivity contribution in [2.45, 2.75) is 33.1 Å². The molecular formula is C23H24N4O. The maximum atomic E-state index is 5.04. The van der Waals surface area contributed by atoms with Crippen molar-refractivity contribution in [3.8, 4) is 11.5 Å². The van der Waals surface area contributed by atoms with Gasteiger partial charge in [0.05, 0.1) is 11.4 Å². The molecule has 0 aliphatic heterocycles. The summed E-state index contributed by atoms with van der Waals surface area (Å²) in [6.07, 6.45) is 4.37. The minimum atomic E-state index is 0.0819. The highest BCUT2D eigenvalue weighted by Crippen LogP contribution is 2.34. The standard InChI is InChI=1S/C23H24N4O/c1-23(2)13-20-18(21(14-23)27-28-3)15-24-22(26-20)19-11-7-10-17(25-19)12-16-8-5-4-6-9-16/h4-11,15H,12-14H2,1-3H3. The van der Waals surface area contributed by atoms with Crippen LogP contribution in [0.1, 0.15) is 42.8 Å². The van der Waals surface area contributed by atoms with Crippen molar-refractivity contribution in [2.75, 3.05) is 7.11 Å². The van der Waals surface area contributed by atoms with Gasteiger partial charge in [-0.05, 0) is 36.0 Å². The molecule has 5 heteroatoms. The van der Waals surface area contributed by atoms with Crippen LogP contribution in [-0.4, -0.2) is 27.8 Å². The van der Waals surface area contributed by atoms with Crippen LogP contribution in [0.4, 0.5) is 0 Å². The fourth-order valence-electron chi connectivity index (χ4n) is 3.68. The van der Waals surface area contributed by atoms with Gasteiger partial charge in [0.2, 0.25) is 0 Å². The average molecular weight is 372 g/mol. The molecule has 28 heavy (non-hydrogen) atoms. The molecule has 0 unspecified atom stereocenters. The lowest BCUT2D eigenvalue weighted by molar-refractivity contribution is 0.210. The molecule has 0 amide bonds. The molecule has 0 spiro atoms. The van der Waals surface area contributed by atoms with E-state index in [1.165, 1.54) is 5.56 Å². The third-order valence-electron chi connectivity index (χ3n) is 4.94. The van der Waals surface area contributed by atoms with Gasteiger partial charge in [0.25, 0.3) is 0 Å². The Kier molecular flexibility index (Phi) is 4.90. The number of aromatic nitrogens is 3. The summed E-state index contributed by atoms with van der Waals surface area (Å²) in [5.41, 5.74) is 6.01. The van der Waals surface area contributed by atoms with E-state index in [9.17, 15) is 0 Å². The zero-order chi connectivity index (χ0) is 19.6. The minimum absolute atomic E-state index is 0.0819. The van der Waals surface area contributed by atoms with Crippen molar-refractivity contribution in [2.24, 2.45) is 10.6 Å². The van der Waals surface area contributed by atoms with E-state index in [0.29, 0.717) is 5.82 Å². The Morgan fingerprint density at radius 3 is 2.61 bits per heavy atom. The average Bonchev–Trinajstić information content (AvgIpc) is 2.68. The van der Waals surface area contributed by atoms with Crippen LogP contribution < -0.4 is 0 Å². The van der Waals surface area contributed by atoms with Gasteiger partial charge in [-0.25, -0.2) is 15.0 Å². The van der Waals surface area contributed by atoms with Gasteiger partial charge in [0.1, 0.15) is 12.8 Å². The zero-order valence-corrected chi connectivity index (χ0v) is 16.5. The highest BCUT2D eigenvalue weighted by atomic mass is 16.6. The second-order valence-electron chi connectivity index (χ2n) is 7.97. The summed E-state index contributed by atoms with van der Waals surface area (Å²) in [5.74, 6) is 0.656. The topological polar surface area (TPSA) is 60.3 Å².